The molecule has 1 rings (SSSR count). The molecule has 3 nitrogen and oxygen atoms in total. The van der Waals surface area contributed by atoms with Crippen LogP contribution in [0.25, 0.3) is 0 Å². The van der Waals surface area contributed by atoms with Gasteiger partial charge in [0.15, 0.2) is 0 Å². The Morgan fingerprint density at radius 2 is 1.67 bits per heavy atom. The van der Waals surface area contributed by atoms with Crippen LogP contribution >= 0.6 is 7.60 Å². The molecule has 0 aliphatic heterocycles. The quantitative estimate of drug-likeness (QED) is 0.457. The molecule has 5 heteroatoms. The molecule has 0 saturated heterocycles. The van der Waals surface area contributed by atoms with E-state index in [4.69, 9.17) is 0 Å². The molecule has 15 heavy (non-hydrogen) atoms. The molecular weight excluding hydrogens is 264 g/mol. The second kappa shape index (κ2) is 7.30. The van der Waals surface area contributed by atoms with Gasteiger partial charge in [0.05, 0.1) is 0 Å². The number of aryl methyl sites for hydroxylation is 1. The first-order valence-corrected chi connectivity index (χ1v) is 6.36. The predicted molar refractivity (Wildman–Crippen MR) is 51.9 cm³/mol. The number of rotatable bonds is 5. The summed E-state index contributed by atoms with van der Waals surface area (Å²) in [5.74, 6) is 0. The standard InChI is InChI=1S/C10H15O3P.Zn/c11-14(12,13)9-5-4-8-10-6-2-1-3-7-10;/h1-3,6-7H,4-5,8-9H2,(H2,11,12,13);/q;+2/p-2. The van der Waals surface area contributed by atoms with Gasteiger partial charge in [-0.05, 0) is 31.0 Å². The van der Waals surface area contributed by atoms with Crippen molar-refractivity contribution < 1.29 is 33.8 Å². The molecule has 0 heterocycles. The smallest absolute Gasteiger partial charge is 0.811 e. The Kier molecular flexibility index (Phi) is 7.29. The fraction of sp³-hybridized carbons (Fsp3) is 0.400. The molecule has 0 saturated carbocycles. The van der Waals surface area contributed by atoms with E-state index in [0.29, 0.717) is 6.42 Å². The Morgan fingerprint density at radius 1 is 1.07 bits per heavy atom. The summed E-state index contributed by atoms with van der Waals surface area (Å²) in [5.41, 5.74) is 1.18. The fourth-order valence-electron chi connectivity index (χ4n) is 1.28. The van der Waals surface area contributed by atoms with Gasteiger partial charge in [-0.25, -0.2) is 0 Å². The number of hydrogen-bond donors (Lipinski definition) is 0. The Balaban J connectivity index is 0.00000196. The van der Waals surface area contributed by atoms with Crippen molar-refractivity contribution in [3.63, 3.8) is 0 Å². The van der Waals surface area contributed by atoms with E-state index in [0.717, 1.165) is 12.8 Å². The summed E-state index contributed by atoms with van der Waals surface area (Å²) in [6.45, 7) is 0. The summed E-state index contributed by atoms with van der Waals surface area (Å²) in [7, 11) is -4.29. The zero-order valence-corrected chi connectivity index (χ0v) is 12.5. The molecule has 0 bridgehead atoms. The molecule has 0 spiro atoms. The van der Waals surface area contributed by atoms with E-state index >= 15 is 0 Å². The number of hydrogen-bond acceptors (Lipinski definition) is 3. The second-order valence-corrected chi connectivity index (χ2v) is 4.95. The van der Waals surface area contributed by atoms with E-state index < -0.39 is 7.60 Å². The van der Waals surface area contributed by atoms with Crippen molar-refractivity contribution in [3.05, 3.63) is 35.9 Å². The third-order valence-electron chi connectivity index (χ3n) is 1.99. The molecule has 0 aromatic heterocycles. The molecule has 0 amide bonds. The molecular formula is C10H13O3PZn. The zero-order valence-electron chi connectivity index (χ0n) is 8.59. The third-order valence-corrected chi connectivity index (χ3v) is 2.85. The van der Waals surface area contributed by atoms with E-state index in [2.05, 4.69) is 0 Å². The van der Waals surface area contributed by atoms with Gasteiger partial charge in [0.2, 0.25) is 0 Å². The zero-order chi connectivity index (χ0) is 10.4. The molecule has 1 aromatic carbocycles. The molecule has 0 unspecified atom stereocenters. The first-order chi connectivity index (χ1) is 6.58. The first-order valence-electron chi connectivity index (χ1n) is 4.63. The topological polar surface area (TPSA) is 63.2 Å². The van der Waals surface area contributed by atoms with E-state index in [9.17, 15) is 14.4 Å². The van der Waals surface area contributed by atoms with Crippen molar-refractivity contribution in [1.82, 2.24) is 0 Å². The Labute approximate surface area is 103 Å². The van der Waals surface area contributed by atoms with Crippen LogP contribution in [0.2, 0.25) is 0 Å². The van der Waals surface area contributed by atoms with Crippen LogP contribution in [0.3, 0.4) is 0 Å². The Morgan fingerprint density at radius 3 is 2.20 bits per heavy atom. The molecule has 1 aromatic rings. The minimum Gasteiger partial charge on any atom is -0.811 e. The van der Waals surface area contributed by atoms with Crippen LogP contribution in [0.4, 0.5) is 0 Å². The summed E-state index contributed by atoms with van der Waals surface area (Å²) in [6.07, 6.45) is 1.82. The average Bonchev–Trinajstić information content (AvgIpc) is 2.13. The van der Waals surface area contributed by atoms with Crippen molar-refractivity contribution in [2.24, 2.45) is 0 Å². The Bertz CT molecular complexity index is 310. The molecule has 0 N–H and O–H groups in total. The molecule has 0 aliphatic carbocycles. The maximum Gasteiger partial charge on any atom is 2.00 e. The largest absolute Gasteiger partial charge is 2.00 e. The predicted octanol–water partition coefficient (Wildman–Crippen LogP) is 0.920. The van der Waals surface area contributed by atoms with Gasteiger partial charge in [-0.1, -0.05) is 37.9 Å². The van der Waals surface area contributed by atoms with Gasteiger partial charge >= 0.3 is 19.5 Å². The average molecular weight is 278 g/mol. The van der Waals surface area contributed by atoms with Gasteiger partial charge < -0.3 is 14.4 Å². The summed E-state index contributed by atoms with van der Waals surface area (Å²) in [6, 6.07) is 9.82. The van der Waals surface area contributed by atoms with E-state index in [-0.39, 0.29) is 25.6 Å². The fourth-order valence-corrected chi connectivity index (χ4v) is 1.89. The van der Waals surface area contributed by atoms with E-state index in [1.807, 2.05) is 30.3 Å². The maximum absolute atomic E-state index is 10.3. The molecule has 0 radical (unpaired) electrons. The third kappa shape index (κ3) is 7.87. The van der Waals surface area contributed by atoms with Crippen LogP contribution in [0.1, 0.15) is 18.4 Å². The van der Waals surface area contributed by atoms with Crippen molar-refractivity contribution in [2.45, 2.75) is 19.3 Å². The van der Waals surface area contributed by atoms with Crippen LogP contribution in [-0.4, -0.2) is 6.16 Å². The van der Waals surface area contributed by atoms with Gasteiger partial charge in [-0.2, -0.15) is 0 Å². The number of benzene rings is 1. The molecule has 0 aliphatic rings. The van der Waals surface area contributed by atoms with Crippen LogP contribution in [0.5, 0.6) is 0 Å². The summed E-state index contributed by atoms with van der Waals surface area (Å²) in [5, 5.41) is 0. The van der Waals surface area contributed by atoms with E-state index in [1.54, 1.807) is 0 Å². The summed E-state index contributed by atoms with van der Waals surface area (Å²) in [4.78, 5) is 20.6. The van der Waals surface area contributed by atoms with Crippen LogP contribution in [0, 0.1) is 0 Å². The molecule has 0 fully saturated rings. The van der Waals surface area contributed by atoms with Crippen molar-refractivity contribution in [1.29, 1.82) is 0 Å². The summed E-state index contributed by atoms with van der Waals surface area (Å²) < 4.78 is 10.3. The molecule has 0 atom stereocenters. The summed E-state index contributed by atoms with van der Waals surface area (Å²) >= 11 is 0. The van der Waals surface area contributed by atoms with Gasteiger partial charge in [-0.15, -0.1) is 0 Å². The van der Waals surface area contributed by atoms with Crippen molar-refractivity contribution in [3.8, 4) is 0 Å². The van der Waals surface area contributed by atoms with Crippen LogP contribution in [0.15, 0.2) is 30.3 Å². The van der Waals surface area contributed by atoms with Crippen molar-refractivity contribution in [2.75, 3.05) is 6.16 Å². The normalized spacial score (nSPS) is 10.8. The van der Waals surface area contributed by atoms with Crippen LogP contribution in [-0.2, 0) is 30.5 Å². The maximum atomic E-state index is 10.3. The van der Waals surface area contributed by atoms with Crippen LogP contribution < -0.4 is 9.79 Å². The minimum atomic E-state index is -4.29. The first kappa shape index (κ1) is 15.0. The molecule has 78 valence electrons. The van der Waals surface area contributed by atoms with Gasteiger partial charge in [0.1, 0.15) is 0 Å². The van der Waals surface area contributed by atoms with E-state index in [1.165, 1.54) is 5.56 Å². The monoisotopic (exact) mass is 276 g/mol. The second-order valence-electron chi connectivity index (χ2n) is 3.28. The van der Waals surface area contributed by atoms with Gasteiger partial charge in [0, 0.05) is 0 Å². The minimum absolute atomic E-state index is 0. The van der Waals surface area contributed by atoms with Gasteiger partial charge in [0.25, 0.3) is 0 Å². The van der Waals surface area contributed by atoms with Crippen molar-refractivity contribution >= 4 is 7.60 Å². The van der Waals surface area contributed by atoms with Gasteiger partial charge in [-0.3, -0.25) is 0 Å². The SMILES string of the molecule is O=P([O-])([O-])CCCCc1ccccc1.[Zn+2]. The number of unbranched alkanes of at least 4 members (excludes halogenated alkanes) is 1. The Hall–Kier alpha value is -0.00662.